The number of hydrogen-bond donors (Lipinski definition) is 0. The van der Waals surface area contributed by atoms with Crippen LogP contribution in [0, 0.1) is 30.2 Å². The van der Waals surface area contributed by atoms with Crippen molar-refractivity contribution in [1.29, 1.82) is 0 Å². The molecule has 0 spiro atoms. The molecule has 0 N–H and O–H groups in total. The SMILES string of the molecule is CCCc1ccc(-c2cc(F)c(C(F)(F)Oc3c(C)cc(OCC)c(F)c3F)c(F)c2)cc1. The van der Waals surface area contributed by atoms with Crippen LogP contribution in [-0.4, -0.2) is 6.61 Å². The summed E-state index contributed by atoms with van der Waals surface area (Å²) in [5.74, 6) is -8.13. The first-order valence-electron chi connectivity index (χ1n) is 10.4. The van der Waals surface area contributed by atoms with Crippen LogP contribution in [0.4, 0.5) is 26.3 Å². The van der Waals surface area contributed by atoms with E-state index in [1.54, 1.807) is 24.3 Å². The average Bonchev–Trinajstić information content (AvgIpc) is 2.75. The zero-order valence-corrected chi connectivity index (χ0v) is 18.2. The maximum atomic E-state index is 14.8. The first kappa shape index (κ1) is 24.5. The number of rotatable bonds is 8. The molecule has 0 fully saturated rings. The predicted molar refractivity (Wildman–Crippen MR) is 113 cm³/mol. The second-order valence-electron chi connectivity index (χ2n) is 7.46. The third-order valence-corrected chi connectivity index (χ3v) is 5.00. The van der Waals surface area contributed by atoms with Crippen molar-refractivity contribution in [2.45, 2.75) is 39.7 Å². The van der Waals surface area contributed by atoms with E-state index in [0.29, 0.717) is 5.56 Å². The summed E-state index contributed by atoms with van der Waals surface area (Å²) in [4.78, 5) is 0. The van der Waals surface area contributed by atoms with E-state index in [1.165, 1.54) is 13.8 Å². The lowest BCUT2D eigenvalue weighted by Crippen LogP contribution is -2.26. The van der Waals surface area contributed by atoms with E-state index < -0.39 is 46.4 Å². The van der Waals surface area contributed by atoms with Crippen molar-refractivity contribution < 1.29 is 35.8 Å². The van der Waals surface area contributed by atoms with E-state index in [4.69, 9.17) is 4.74 Å². The van der Waals surface area contributed by atoms with Gasteiger partial charge < -0.3 is 9.47 Å². The fourth-order valence-electron chi connectivity index (χ4n) is 3.44. The van der Waals surface area contributed by atoms with Gasteiger partial charge in [-0.1, -0.05) is 37.6 Å². The van der Waals surface area contributed by atoms with Gasteiger partial charge in [0.25, 0.3) is 0 Å². The van der Waals surface area contributed by atoms with Crippen LogP contribution >= 0.6 is 0 Å². The first-order valence-corrected chi connectivity index (χ1v) is 10.4. The topological polar surface area (TPSA) is 18.5 Å². The zero-order chi connectivity index (χ0) is 24.3. The number of aryl methyl sites for hydroxylation is 2. The fraction of sp³-hybridized carbons (Fsp3) is 0.280. The third-order valence-electron chi connectivity index (χ3n) is 5.00. The van der Waals surface area contributed by atoms with Crippen molar-refractivity contribution in [2.24, 2.45) is 0 Å². The Balaban J connectivity index is 1.96. The Morgan fingerprint density at radius 2 is 1.42 bits per heavy atom. The molecule has 33 heavy (non-hydrogen) atoms. The van der Waals surface area contributed by atoms with Crippen molar-refractivity contribution >= 4 is 0 Å². The highest BCUT2D eigenvalue weighted by Gasteiger charge is 2.42. The molecule has 0 saturated carbocycles. The van der Waals surface area contributed by atoms with Gasteiger partial charge in [-0.3, -0.25) is 0 Å². The van der Waals surface area contributed by atoms with Gasteiger partial charge >= 0.3 is 6.11 Å². The van der Waals surface area contributed by atoms with Crippen LogP contribution in [0.2, 0.25) is 0 Å². The number of ether oxygens (including phenoxy) is 2. The molecule has 0 atom stereocenters. The highest BCUT2D eigenvalue weighted by atomic mass is 19.3. The predicted octanol–water partition coefficient (Wildman–Crippen LogP) is 7.70. The van der Waals surface area contributed by atoms with E-state index in [-0.39, 0.29) is 17.7 Å². The highest BCUT2D eigenvalue weighted by Crippen LogP contribution is 2.40. The summed E-state index contributed by atoms with van der Waals surface area (Å²) in [5, 5.41) is 0. The molecule has 176 valence electrons. The van der Waals surface area contributed by atoms with Crippen molar-refractivity contribution in [3.8, 4) is 22.6 Å². The summed E-state index contributed by atoms with van der Waals surface area (Å²) >= 11 is 0. The molecule has 3 aromatic carbocycles. The molecule has 0 aliphatic heterocycles. The lowest BCUT2D eigenvalue weighted by molar-refractivity contribution is -0.191. The summed E-state index contributed by atoms with van der Waals surface area (Å²) in [6.07, 6.45) is -2.87. The maximum absolute atomic E-state index is 14.8. The normalized spacial score (nSPS) is 11.5. The Labute approximate surface area is 187 Å². The maximum Gasteiger partial charge on any atom is 0.432 e. The lowest BCUT2D eigenvalue weighted by Gasteiger charge is -2.22. The number of benzene rings is 3. The standard InChI is InChI=1S/C25H22F6O2/c1-4-6-15-7-9-16(10-8-15)17-12-18(26)21(19(27)13-17)25(30,31)33-24-14(3)11-20(32-5-2)22(28)23(24)29/h7-13H,4-6H2,1-3H3. The molecule has 0 heterocycles. The molecule has 0 bridgehead atoms. The van der Waals surface area contributed by atoms with Gasteiger partial charge in [0, 0.05) is 0 Å². The smallest absolute Gasteiger partial charge is 0.432 e. The van der Waals surface area contributed by atoms with Crippen molar-refractivity contribution in [3.05, 3.63) is 82.4 Å². The van der Waals surface area contributed by atoms with Gasteiger partial charge in [-0.2, -0.15) is 17.6 Å². The molecule has 0 aromatic heterocycles. The van der Waals surface area contributed by atoms with E-state index >= 15 is 0 Å². The molecule has 0 aliphatic carbocycles. The minimum absolute atomic E-state index is 0.0102. The Hall–Kier alpha value is -3.16. The highest BCUT2D eigenvalue weighted by molar-refractivity contribution is 5.64. The fourth-order valence-corrected chi connectivity index (χ4v) is 3.44. The molecule has 3 rings (SSSR count). The van der Waals surface area contributed by atoms with E-state index in [2.05, 4.69) is 4.74 Å². The van der Waals surface area contributed by atoms with Gasteiger partial charge in [0.2, 0.25) is 11.6 Å². The van der Waals surface area contributed by atoms with Crippen molar-refractivity contribution in [2.75, 3.05) is 6.61 Å². The molecule has 0 amide bonds. The van der Waals surface area contributed by atoms with Gasteiger partial charge in [-0.25, -0.2) is 8.78 Å². The number of halogens is 6. The van der Waals surface area contributed by atoms with Gasteiger partial charge in [0.1, 0.15) is 17.2 Å². The molecule has 0 radical (unpaired) electrons. The van der Waals surface area contributed by atoms with Gasteiger partial charge in [0.05, 0.1) is 6.61 Å². The van der Waals surface area contributed by atoms with Gasteiger partial charge in [-0.05, 0) is 60.7 Å². The van der Waals surface area contributed by atoms with E-state index in [0.717, 1.165) is 36.6 Å². The van der Waals surface area contributed by atoms with E-state index in [1.807, 2.05) is 6.92 Å². The molecular weight excluding hydrogens is 446 g/mol. The largest absolute Gasteiger partial charge is 0.491 e. The zero-order valence-electron chi connectivity index (χ0n) is 18.2. The van der Waals surface area contributed by atoms with E-state index in [9.17, 15) is 26.3 Å². The van der Waals surface area contributed by atoms with Crippen LogP contribution in [0.3, 0.4) is 0 Å². The Kier molecular flexibility index (Phi) is 7.25. The summed E-state index contributed by atoms with van der Waals surface area (Å²) in [6, 6.07) is 9.28. The molecule has 3 aromatic rings. The summed E-state index contributed by atoms with van der Waals surface area (Å²) in [6.45, 7) is 4.72. The molecule has 8 heteroatoms. The summed E-state index contributed by atoms with van der Waals surface area (Å²) in [5.41, 5.74) is -0.441. The van der Waals surface area contributed by atoms with Gasteiger partial charge in [0.15, 0.2) is 11.5 Å². The third kappa shape index (κ3) is 5.10. The average molecular weight is 468 g/mol. The Morgan fingerprint density at radius 3 is 1.97 bits per heavy atom. The molecule has 0 saturated heterocycles. The van der Waals surface area contributed by atoms with Crippen LogP contribution < -0.4 is 9.47 Å². The monoisotopic (exact) mass is 468 g/mol. The minimum atomic E-state index is -4.62. The Bertz CT molecular complexity index is 1120. The van der Waals surface area contributed by atoms with Crippen LogP contribution in [0.1, 0.15) is 37.0 Å². The quantitative estimate of drug-likeness (QED) is 0.316. The number of hydrogen-bond acceptors (Lipinski definition) is 2. The molecule has 2 nitrogen and oxygen atoms in total. The van der Waals surface area contributed by atoms with Gasteiger partial charge in [-0.15, -0.1) is 0 Å². The molecule has 0 aliphatic rings. The van der Waals surface area contributed by atoms with Crippen LogP contribution in [0.25, 0.3) is 11.1 Å². The first-order chi connectivity index (χ1) is 15.6. The minimum Gasteiger partial charge on any atom is -0.491 e. The summed E-state index contributed by atoms with van der Waals surface area (Å²) < 4.78 is 96.5. The number of alkyl halides is 2. The van der Waals surface area contributed by atoms with Crippen LogP contribution in [0.5, 0.6) is 11.5 Å². The Morgan fingerprint density at radius 1 is 0.818 bits per heavy atom. The lowest BCUT2D eigenvalue weighted by atomic mass is 10.00. The molecule has 0 unspecified atom stereocenters. The van der Waals surface area contributed by atoms with Crippen LogP contribution in [-0.2, 0) is 12.5 Å². The molecular formula is C25H22F6O2. The summed E-state index contributed by atoms with van der Waals surface area (Å²) in [7, 11) is 0. The van der Waals surface area contributed by atoms with Crippen molar-refractivity contribution in [3.63, 3.8) is 0 Å². The van der Waals surface area contributed by atoms with Crippen LogP contribution in [0.15, 0.2) is 42.5 Å². The van der Waals surface area contributed by atoms with Crippen molar-refractivity contribution in [1.82, 2.24) is 0 Å². The second kappa shape index (κ2) is 9.77. The second-order valence-corrected chi connectivity index (χ2v) is 7.46.